The molecular weight excluding hydrogens is 490 g/mol. The summed E-state index contributed by atoms with van der Waals surface area (Å²) in [5, 5.41) is 0. The molecule has 194 valence electrons. The van der Waals surface area contributed by atoms with E-state index in [1.807, 2.05) is 51.1 Å². The monoisotopic (exact) mass is 515 g/mol. The molecule has 0 saturated carbocycles. The molecule has 0 radical (unpaired) electrons. The summed E-state index contributed by atoms with van der Waals surface area (Å²) in [5.74, 6) is -1.13. The van der Waals surface area contributed by atoms with Crippen LogP contribution in [-0.4, -0.2) is 24.5 Å². The largest absolute Gasteiger partial charge is 0.573 e. The van der Waals surface area contributed by atoms with Crippen molar-refractivity contribution < 1.29 is 36.6 Å². The molecule has 1 atom stereocenters. The quantitative estimate of drug-likeness (QED) is 0.363. The van der Waals surface area contributed by atoms with Crippen LogP contribution in [0.4, 0.5) is 23.2 Å². The van der Waals surface area contributed by atoms with Gasteiger partial charge in [-0.15, -0.1) is 13.2 Å². The third-order valence-electron chi connectivity index (χ3n) is 6.63. The van der Waals surface area contributed by atoms with Gasteiger partial charge in [0.1, 0.15) is 22.5 Å². The summed E-state index contributed by atoms with van der Waals surface area (Å²) in [5.41, 5.74) is 0.719. The van der Waals surface area contributed by atoms with Gasteiger partial charge in [0, 0.05) is 23.7 Å². The molecular formula is C28H25F4NO4. The Morgan fingerprint density at radius 3 is 2.49 bits per heavy atom. The van der Waals surface area contributed by atoms with Crippen LogP contribution in [0.1, 0.15) is 43.9 Å². The van der Waals surface area contributed by atoms with Crippen molar-refractivity contribution in [3.8, 4) is 17.2 Å². The van der Waals surface area contributed by atoms with E-state index >= 15 is 0 Å². The summed E-state index contributed by atoms with van der Waals surface area (Å²) in [6.07, 6.45) is -4.65. The van der Waals surface area contributed by atoms with E-state index in [4.69, 9.17) is 9.47 Å². The Kier molecular flexibility index (Phi) is 5.84. The first-order valence-electron chi connectivity index (χ1n) is 11.9. The van der Waals surface area contributed by atoms with E-state index in [1.54, 1.807) is 17.0 Å². The minimum atomic E-state index is -5.01. The van der Waals surface area contributed by atoms with Gasteiger partial charge in [0.2, 0.25) is 5.91 Å². The number of hydrogen-bond donors (Lipinski definition) is 0. The standard InChI is InChI=1S/C28H25F4NO4/c1-4-35-18-10-11-20-24(14-18)36-26(2,3)16-27(20)19-7-5-6-8-22(19)33(25(27)34)15-17-9-12-23(21(29)13-17)37-28(30,31)32/h5-14H,4,15-16H2,1-3H3. The van der Waals surface area contributed by atoms with Gasteiger partial charge in [-0.1, -0.05) is 30.3 Å². The van der Waals surface area contributed by atoms with Crippen LogP contribution < -0.4 is 19.1 Å². The Morgan fingerprint density at radius 2 is 1.78 bits per heavy atom. The molecule has 0 aromatic heterocycles. The molecule has 2 aliphatic rings. The number of fused-ring (bicyclic) bond motifs is 4. The number of carbonyl (C=O) groups is 1. The number of halogens is 4. The van der Waals surface area contributed by atoms with Crippen LogP contribution in [0.25, 0.3) is 0 Å². The molecule has 0 bridgehead atoms. The van der Waals surface area contributed by atoms with Crippen molar-refractivity contribution >= 4 is 11.6 Å². The second-order valence-electron chi connectivity index (χ2n) is 9.76. The highest BCUT2D eigenvalue weighted by atomic mass is 19.4. The molecule has 2 aliphatic heterocycles. The van der Waals surface area contributed by atoms with Gasteiger partial charge in [0.25, 0.3) is 0 Å². The van der Waals surface area contributed by atoms with Crippen LogP contribution >= 0.6 is 0 Å². The fourth-order valence-corrected chi connectivity index (χ4v) is 5.41. The van der Waals surface area contributed by atoms with Gasteiger partial charge in [-0.05, 0) is 56.2 Å². The number of nitrogens with zero attached hydrogens (tertiary/aromatic N) is 1. The van der Waals surface area contributed by atoms with Crippen LogP contribution in [0.5, 0.6) is 17.2 Å². The maximum atomic E-state index is 14.4. The molecule has 9 heteroatoms. The average Bonchev–Trinajstić information content (AvgIpc) is 3.02. The zero-order valence-corrected chi connectivity index (χ0v) is 20.5. The van der Waals surface area contributed by atoms with E-state index in [0.717, 1.165) is 17.7 Å². The maximum absolute atomic E-state index is 14.4. The predicted octanol–water partition coefficient (Wildman–Crippen LogP) is 6.52. The Bertz CT molecular complexity index is 1370. The minimum absolute atomic E-state index is 0.0333. The molecule has 0 aliphatic carbocycles. The highest BCUT2D eigenvalue weighted by Gasteiger charge is 2.58. The predicted molar refractivity (Wildman–Crippen MR) is 128 cm³/mol. The van der Waals surface area contributed by atoms with E-state index in [0.29, 0.717) is 41.3 Å². The van der Waals surface area contributed by atoms with Crippen molar-refractivity contribution in [1.82, 2.24) is 0 Å². The molecule has 1 spiro atoms. The Hall–Kier alpha value is -3.75. The van der Waals surface area contributed by atoms with Crippen LogP contribution in [0.2, 0.25) is 0 Å². The lowest BCUT2D eigenvalue weighted by Crippen LogP contribution is -2.50. The van der Waals surface area contributed by atoms with Crippen LogP contribution in [0.15, 0.2) is 60.7 Å². The van der Waals surface area contributed by atoms with E-state index in [-0.39, 0.29) is 12.5 Å². The average molecular weight is 516 g/mol. The van der Waals surface area contributed by atoms with Gasteiger partial charge < -0.3 is 19.1 Å². The molecule has 0 saturated heterocycles. The smallest absolute Gasteiger partial charge is 0.494 e. The Morgan fingerprint density at radius 1 is 1.03 bits per heavy atom. The highest BCUT2D eigenvalue weighted by molar-refractivity contribution is 6.11. The van der Waals surface area contributed by atoms with Crippen molar-refractivity contribution in [2.75, 3.05) is 11.5 Å². The minimum Gasteiger partial charge on any atom is -0.494 e. The number of anilines is 1. The lowest BCUT2D eigenvalue weighted by atomic mass is 9.67. The SMILES string of the molecule is CCOc1ccc2c(c1)OC(C)(C)CC21C(=O)N(Cc2ccc(OC(F)(F)F)c(F)c2)c2ccccc21. The summed E-state index contributed by atoms with van der Waals surface area (Å²) in [6.45, 7) is 6.16. The van der Waals surface area contributed by atoms with Crippen molar-refractivity contribution in [2.45, 2.75) is 51.1 Å². The molecule has 2 heterocycles. The molecule has 0 N–H and O–H groups in total. The summed E-state index contributed by atoms with van der Waals surface area (Å²) in [6, 6.07) is 16.0. The van der Waals surface area contributed by atoms with Gasteiger partial charge in [-0.3, -0.25) is 4.79 Å². The molecule has 3 aromatic rings. The first-order valence-corrected chi connectivity index (χ1v) is 11.9. The van der Waals surface area contributed by atoms with Crippen LogP contribution in [0, 0.1) is 5.82 Å². The van der Waals surface area contributed by atoms with Gasteiger partial charge in [-0.2, -0.15) is 0 Å². The number of benzene rings is 3. The number of ether oxygens (including phenoxy) is 3. The van der Waals surface area contributed by atoms with Crippen molar-refractivity contribution in [1.29, 1.82) is 0 Å². The van der Waals surface area contributed by atoms with Gasteiger partial charge in [0.05, 0.1) is 13.2 Å². The van der Waals surface area contributed by atoms with Gasteiger partial charge in [0.15, 0.2) is 11.6 Å². The molecule has 3 aromatic carbocycles. The van der Waals surface area contributed by atoms with Crippen molar-refractivity contribution in [3.63, 3.8) is 0 Å². The fourth-order valence-electron chi connectivity index (χ4n) is 5.41. The summed E-state index contributed by atoms with van der Waals surface area (Å²) >= 11 is 0. The van der Waals surface area contributed by atoms with Crippen molar-refractivity contribution in [2.24, 2.45) is 0 Å². The fraction of sp³-hybridized carbons (Fsp3) is 0.321. The van der Waals surface area contributed by atoms with Crippen LogP contribution in [0.3, 0.4) is 0 Å². The van der Waals surface area contributed by atoms with Gasteiger partial charge in [-0.25, -0.2) is 4.39 Å². The number of amides is 1. The van der Waals surface area contributed by atoms with Gasteiger partial charge >= 0.3 is 6.36 Å². The second kappa shape index (κ2) is 8.68. The number of rotatable bonds is 5. The lowest BCUT2D eigenvalue weighted by Gasteiger charge is -2.43. The normalized spacial score (nSPS) is 19.9. The summed E-state index contributed by atoms with van der Waals surface area (Å²) in [4.78, 5) is 15.9. The number of hydrogen-bond acceptors (Lipinski definition) is 4. The Labute approximate surface area is 211 Å². The summed E-state index contributed by atoms with van der Waals surface area (Å²) < 4.78 is 67.8. The molecule has 1 amide bonds. The summed E-state index contributed by atoms with van der Waals surface area (Å²) in [7, 11) is 0. The van der Waals surface area contributed by atoms with Crippen LogP contribution in [-0.2, 0) is 16.8 Å². The first kappa shape index (κ1) is 24.9. The third kappa shape index (κ3) is 4.36. The number of alkyl halides is 3. The molecule has 0 fully saturated rings. The zero-order valence-electron chi connectivity index (χ0n) is 20.5. The van der Waals surface area contributed by atoms with Crippen molar-refractivity contribution in [3.05, 3.63) is 83.2 Å². The number of carbonyl (C=O) groups excluding carboxylic acids is 1. The third-order valence-corrected chi connectivity index (χ3v) is 6.63. The zero-order chi connectivity index (χ0) is 26.6. The highest BCUT2D eigenvalue weighted by Crippen LogP contribution is 2.56. The molecule has 5 rings (SSSR count). The van der Waals surface area contributed by atoms with E-state index in [9.17, 15) is 22.4 Å². The molecule has 5 nitrogen and oxygen atoms in total. The first-order chi connectivity index (χ1) is 17.4. The maximum Gasteiger partial charge on any atom is 0.573 e. The van der Waals surface area contributed by atoms with E-state index in [2.05, 4.69) is 4.74 Å². The number of para-hydroxylation sites is 1. The second-order valence-corrected chi connectivity index (χ2v) is 9.76. The van der Waals surface area contributed by atoms with E-state index < -0.39 is 28.9 Å². The topological polar surface area (TPSA) is 48.0 Å². The van der Waals surface area contributed by atoms with E-state index in [1.165, 1.54) is 6.07 Å². The molecule has 37 heavy (non-hydrogen) atoms. The lowest BCUT2D eigenvalue weighted by molar-refractivity contribution is -0.275. The molecule has 1 unspecified atom stereocenters. The Balaban J connectivity index is 1.58.